The number of rotatable bonds is 8. The van der Waals surface area contributed by atoms with Crippen molar-refractivity contribution >= 4 is 18.0 Å². The van der Waals surface area contributed by atoms with E-state index in [2.05, 4.69) is 17.0 Å². The molecule has 0 fully saturated rings. The van der Waals surface area contributed by atoms with E-state index in [1.54, 1.807) is 36.4 Å². The number of amides is 1. The number of hydrogen-bond acceptors (Lipinski definition) is 5. The van der Waals surface area contributed by atoms with Gasteiger partial charge in [-0.1, -0.05) is 13.3 Å². The minimum atomic E-state index is -0.663. The van der Waals surface area contributed by atoms with Gasteiger partial charge >= 0.3 is 5.97 Å². The van der Waals surface area contributed by atoms with E-state index in [1.807, 2.05) is 0 Å². The van der Waals surface area contributed by atoms with Crippen LogP contribution < -0.4 is 10.1 Å². The van der Waals surface area contributed by atoms with Crippen LogP contribution in [-0.4, -0.2) is 25.6 Å². The molecule has 25 heavy (non-hydrogen) atoms. The molecule has 2 aromatic rings. The van der Waals surface area contributed by atoms with Gasteiger partial charge in [0.1, 0.15) is 17.2 Å². The number of nitrogens with one attached hydrogen (secondary N) is 1. The van der Waals surface area contributed by atoms with Crippen LogP contribution in [0.4, 0.5) is 0 Å². The smallest absolute Gasteiger partial charge is 0.354 e. The Balaban J connectivity index is 2.06. The molecule has 0 radical (unpaired) electrons. The van der Waals surface area contributed by atoms with Crippen molar-refractivity contribution in [3.63, 3.8) is 0 Å². The van der Waals surface area contributed by atoms with Gasteiger partial charge in [0, 0.05) is 11.6 Å². The molecular weight excluding hydrogens is 322 g/mol. The number of carbonyl (C=O) groups excluding carboxylic acids is 2. The molecule has 1 aromatic carbocycles. The van der Waals surface area contributed by atoms with E-state index in [-0.39, 0.29) is 5.70 Å². The van der Waals surface area contributed by atoms with E-state index in [0.29, 0.717) is 23.7 Å². The quantitative estimate of drug-likeness (QED) is 0.451. The van der Waals surface area contributed by atoms with Gasteiger partial charge in [-0.05, 0) is 42.8 Å². The van der Waals surface area contributed by atoms with E-state index >= 15 is 0 Å². The number of ether oxygens (including phenoxy) is 2. The summed E-state index contributed by atoms with van der Waals surface area (Å²) in [4.78, 5) is 24.2. The second kappa shape index (κ2) is 9.32. The molecule has 132 valence electrons. The molecule has 0 saturated heterocycles. The number of benzene rings is 1. The van der Waals surface area contributed by atoms with Crippen molar-refractivity contribution in [2.45, 2.75) is 19.8 Å². The van der Waals surface area contributed by atoms with Crippen molar-refractivity contribution in [2.24, 2.45) is 0 Å². The number of furan rings is 1. The highest BCUT2D eigenvalue weighted by Crippen LogP contribution is 2.14. The third kappa shape index (κ3) is 5.53. The van der Waals surface area contributed by atoms with Crippen molar-refractivity contribution in [1.29, 1.82) is 0 Å². The lowest BCUT2D eigenvalue weighted by atomic mass is 10.2. The van der Waals surface area contributed by atoms with Crippen LogP contribution >= 0.6 is 0 Å². The molecule has 0 unspecified atom stereocenters. The van der Waals surface area contributed by atoms with Gasteiger partial charge in [-0.25, -0.2) is 4.79 Å². The predicted molar refractivity (Wildman–Crippen MR) is 93.0 cm³/mol. The molecule has 0 bridgehead atoms. The first-order valence-electron chi connectivity index (χ1n) is 8.01. The van der Waals surface area contributed by atoms with Crippen LogP contribution in [0.3, 0.4) is 0 Å². The SMILES string of the molecule is CCCCOc1ccc(C(=O)NC(=Cc2ccco2)C(=O)OC)cc1. The minimum Gasteiger partial charge on any atom is -0.494 e. The standard InChI is InChI=1S/C19H21NO5/c1-3-4-11-24-15-9-7-14(8-10-15)18(21)20-17(19(22)23-2)13-16-6-5-12-25-16/h5-10,12-13H,3-4,11H2,1-2H3,(H,20,21). The Hall–Kier alpha value is -3.02. The Kier molecular flexibility index (Phi) is 6.83. The number of hydrogen-bond donors (Lipinski definition) is 1. The van der Waals surface area contributed by atoms with Crippen LogP contribution in [0.1, 0.15) is 35.9 Å². The molecule has 6 nitrogen and oxygen atoms in total. The summed E-state index contributed by atoms with van der Waals surface area (Å²) in [5, 5.41) is 2.54. The lowest BCUT2D eigenvalue weighted by molar-refractivity contribution is -0.136. The fourth-order valence-corrected chi connectivity index (χ4v) is 2.00. The van der Waals surface area contributed by atoms with Crippen molar-refractivity contribution in [3.05, 3.63) is 59.7 Å². The molecule has 0 aliphatic heterocycles. The molecule has 1 aromatic heterocycles. The number of unbranched alkanes of at least 4 members (excludes halogenated alkanes) is 1. The van der Waals surface area contributed by atoms with Crippen molar-refractivity contribution in [1.82, 2.24) is 5.32 Å². The maximum atomic E-state index is 12.3. The Morgan fingerprint density at radius 1 is 1.20 bits per heavy atom. The maximum absolute atomic E-state index is 12.3. The van der Waals surface area contributed by atoms with E-state index in [9.17, 15) is 9.59 Å². The molecule has 0 saturated carbocycles. The highest BCUT2D eigenvalue weighted by molar-refractivity contribution is 6.03. The molecule has 1 amide bonds. The van der Waals surface area contributed by atoms with E-state index in [4.69, 9.17) is 9.15 Å². The van der Waals surface area contributed by atoms with Crippen LogP contribution in [0, 0.1) is 0 Å². The lowest BCUT2D eigenvalue weighted by Crippen LogP contribution is -2.28. The van der Waals surface area contributed by atoms with Crippen molar-refractivity contribution in [3.8, 4) is 5.75 Å². The fraction of sp³-hybridized carbons (Fsp3) is 0.263. The second-order valence-electron chi connectivity index (χ2n) is 5.25. The summed E-state index contributed by atoms with van der Waals surface area (Å²) < 4.78 is 15.4. The summed E-state index contributed by atoms with van der Waals surface area (Å²) in [6.45, 7) is 2.73. The Morgan fingerprint density at radius 3 is 2.56 bits per heavy atom. The average molecular weight is 343 g/mol. The van der Waals surface area contributed by atoms with Crippen LogP contribution in [0.2, 0.25) is 0 Å². The maximum Gasteiger partial charge on any atom is 0.354 e. The van der Waals surface area contributed by atoms with E-state index < -0.39 is 11.9 Å². The first-order chi connectivity index (χ1) is 12.1. The van der Waals surface area contributed by atoms with Gasteiger partial charge in [0.25, 0.3) is 5.91 Å². The monoisotopic (exact) mass is 343 g/mol. The van der Waals surface area contributed by atoms with Crippen LogP contribution in [0.5, 0.6) is 5.75 Å². The zero-order valence-corrected chi connectivity index (χ0v) is 14.3. The summed E-state index contributed by atoms with van der Waals surface area (Å²) in [5.41, 5.74) is 0.391. The third-order valence-electron chi connectivity index (χ3n) is 3.37. The summed E-state index contributed by atoms with van der Waals surface area (Å²) in [5.74, 6) is 0.0391. The Labute approximate surface area is 146 Å². The highest BCUT2D eigenvalue weighted by atomic mass is 16.5. The summed E-state index contributed by atoms with van der Waals surface area (Å²) >= 11 is 0. The van der Waals surface area contributed by atoms with Gasteiger partial charge in [0.05, 0.1) is 20.0 Å². The van der Waals surface area contributed by atoms with Gasteiger partial charge in [-0.3, -0.25) is 4.79 Å². The molecule has 0 atom stereocenters. The van der Waals surface area contributed by atoms with Gasteiger partial charge < -0.3 is 19.2 Å². The highest BCUT2D eigenvalue weighted by Gasteiger charge is 2.15. The molecule has 6 heteroatoms. The molecule has 0 spiro atoms. The first kappa shape index (κ1) is 18.3. The summed E-state index contributed by atoms with van der Waals surface area (Å²) in [6, 6.07) is 10.1. The fourth-order valence-electron chi connectivity index (χ4n) is 2.00. The zero-order valence-electron chi connectivity index (χ0n) is 14.3. The summed E-state index contributed by atoms with van der Waals surface area (Å²) in [7, 11) is 1.24. The van der Waals surface area contributed by atoms with Gasteiger partial charge in [-0.15, -0.1) is 0 Å². The van der Waals surface area contributed by atoms with E-state index in [1.165, 1.54) is 19.4 Å². The Bertz CT molecular complexity index is 717. The summed E-state index contributed by atoms with van der Waals surface area (Å²) in [6.07, 6.45) is 4.91. The number of methoxy groups -OCH3 is 1. The third-order valence-corrected chi connectivity index (χ3v) is 3.37. The average Bonchev–Trinajstić information content (AvgIpc) is 3.14. The van der Waals surface area contributed by atoms with E-state index in [0.717, 1.165) is 12.8 Å². The lowest BCUT2D eigenvalue weighted by Gasteiger charge is -2.09. The molecule has 1 N–H and O–H groups in total. The molecular formula is C19H21NO5. The normalized spacial score (nSPS) is 11.0. The first-order valence-corrected chi connectivity index (χ1v) is 8.01. The Morgan fingerprint density at radius 2 is 1.96 bits per heavy atom. The largest absolute Gasteiger partial charge is 0.494 e. The predicted octanol–water partition coefficient (Wildman–Crippen LogP) is 3.40. The van der Waals surface area contributed by atoms with Gasteiger partial charge in [0.15, 0.2) is 0 Å². The van der Waals surface area contributed by atoms with Crippen molar-refractivity contribution in [2.75, 3.05) is 13.7 Å². The minimum absolute atomic E-state index is 0.00859. The van der Waals surface area contributed by atoms with Crippen LogP contribution in [0.15, 0.2) is 52.8 Å². The van der Waals surface area contributed by atoms with Gasteiger partial charge in [0.2, 0.25) is 0 Å². The molecule has 2 rings (SSSR count). The second-order valence-corrected chi connectivity index (χ2v) is 5.25. The molecule has 0 aliphatic carbocycles. The van der Waals surface area contributed by atoms with Crippen molar-refractivity contribution < 1.29 is 23.5 Å². The molecule has 0 aliphatic rings. The van der Waals surface area contributed by atoms with Gasteiger partial charge in [-0.2, -0.15) is 0 Å². The van der Waals surface area contributed by atoms with Crippen LogP contribution in [-0.2, 0) is 9.53 Å². The molecule has 1 heterocycles. The van der Waals surface area contributed by atoms with Crippen LogP contribution in [0.25, 0.3) is 6.08 Å². The topological polar surface area (TPSA) is 77.8 Å². The number of esters is 1. The zero-order chi connectivity index (χ0) is 18.1. The number of carbonyl (C=O) groups is 2.